The molecule has 0 aromatic heterocycles. The van der Waals surface area contributed by atoms with E-state index in [1.807, 2.05) is 24.3 Å². The van der Waals surface area contributed by atoms with Crippen LogP contribution in [0.25, 0.3) is 0 Å². The minimum atomic E-state index is -0.145. The molecule has 2 aromatic rings. The first kappa shape index (κ1) is 14.2. The molecule has 1 aliphatic heterocycles. The van der Waals surface area contributed by atoms with Crippen molar-refractivity contribution in [3.63, 3.8) is 0 Å². The number of rotatable bonds is 2. The lowest BCUT2D eigenvalue weighted by Crippen LogP contribution is -2.22. The van der Waals surface area contributed by atoms with Gasteiger partial charge in [0, 0.05) is 17.7 Å². The average molecular weight is 322 g/mol. The lowest BCUT2D eigenvalue weighted by atomic mass is 9.92. The van der Waals surface area contributed by atoms with Crippen molar-refractivity contribution in [2.24, 2.45) is 0 Å². The third kappa shape index (κ3) is 2.59. The summed E-state index contributed by atoms with van der Waals surface area (Å²) in [5.41, 5.74) is 2.43. The van der Waals surface area contributed by atoms with Gasteiger partial charge in [-0.05, 0) is 29.8 Å². The van der Waals surface area contributed by atoms with Gasteiger partial charge < -0.3 is 10.1 Å². The van der Waals surface area contributed by atoms with Crippen molar-refractivity contribution in [1.29, 1.82) is 0 Å². The number of ketones is 1. The van der Waals surface area contributed by atoms with Gasteiger partial charge >= 0.3 is 0 Å². The monoisotopic (exact) mass is 321 g/mol. The molecule has 1 N–H and O–H groups in total. The maximum absolute atomic E-state index is 12.2. The van der Waals surface area contributed by atoms with Gasteiger partial charge in [0.15, 0.2) is 11.5 Å². The molecule has 1 heterocycles. The summed E-state index contributed by atoms with van der Waals surface area (Å²) < 4.78 is 5.14. The van der Waals surface area contributed by atoms with Crippen LogP contribution in [0.2, 0.25) is 10.0 Å². The fourth-order valence-corrected chi connectivity index (χ4v) is 3.22. The molecule has 3 rings (SSSR count). The Hall–Kier alpha value is -1.71. The van der Waals surface area contributed by atoms with E-state index in [-0.39, 0.29) is 11.8 Å². The Labute approximate surface area is 132 Å². The number of carbonyl (C=O) groups is 1. The standard InChI is InChI=1S/C16H13Cl2NO2/c1-21-16-11(17)6-9(7-12(16)18)14-8-15(20)10-4-2-3-5-13(10)19-14/h2-7,14,19H,8H2,1H3. The number of hydrogen-bond acceptors (Lipinski definition) is 3. The van der Waals surface area contributed by atoms with Crippen molar-refractivity contribution in [2.45, 2.75) is 12.5 Å². The van der Waals surface area contributed by atoms with E-state index in [2.05, 4.69) is 5.32 Å². The molecule has 0 fully saturated rings. The number of carbonyl (C=O) groups excluding carboxylic acids is 1. The number of Topliss-reactive ketones (excluding diaryl/α,β-unsaturated/α-hetero) is 1. The van der Waals surface area contributed by atoms with Crippen molar-refractivity contribution in [3.05, 3.63) is 57.6 Å². The van der Waals surface area contributed by atoms with Crippen LogP contribution in [-0.4, -0.2) is 12.9 Å². The maximum atomic E-state index is 12.2. The topological polar surface area (TPSA) is 38.3 Å². The van der Waals surface area contributed by atoms with E-state index >= 15 is 0 Å². The predicted molar refractivity (Wildman–Crippen MR) is 84.8 cm³/mol. The molecule has 0 bridgehead atoms. The number of para-hydroxylation sites is 1. The zero-order valence-electron chi connectivity index (χ0n) is 11.3. The summed E-state index contributed by atoms with van der Waals surface area (Å²) in [5, 5.41) is 4.23. The average Bonchev–Trinajstić information content (AvgIpc) is 2.47. The third-order valence-electron chi connectivity index (χ3n) is 3.57. The van der Waals surface area contributed by atoms with Crippen molar-refractivity contribution < 1.29 is 9.53 Å². The highest BCUT2D eigenvalue weighted by Crippen LogP contribution is 2.39. The van der Waals surface area contributed by atoms with Crippen LogP contribution in [0.5, 0.6) is 5.75 Å². The van der Waals surface area contributed by atoms with Gasteiger partial charge in [0.1, 0.15) is 0 Å². The van der Waals surface area contributed by atoms with Crippen LogP contribution >= 0.6 is 23.2 Å². The van der Waals surface area contributed by atoms with E-state index in [0.29, 0.717) is 22.2 Å². The fraction of sp³-hybridized carbons (Fsp3) is 0.188. The van der Waals surface area contributed by atoms with E-state index < -0.39 is 0 Å². The molecule has 1 atom stereocenters. The van der Waals surface area contributed by atoms with E-state index in [9.17, 15) is 4.79 Å². The SMILES string of the molecule is COc1c(Cl)cc(C2CC(=O)c3ccccc3N2)cc1Cl. The van der Waals surface area contributed by atoms with Crippen LogP contribution in [0.3, 0.4) is 0 Å². The first-order chi connectivity index (χ1) is 10.1. The molecule has 0 saturated heterocycles. The number of hydrogen-bond donors (Lipinski definition) is 1. The molecule has 1 unspecified atom stereocenters. The van der Waals surface area contributed by atoms with Crippen LogP contribution in [0.1, 0.15) is 28.4 Å². The molecule has 5 heteroatoms. The van der Waals surface area contributed by atoms with Crippen LogP contribution in [0.15, 0.2) is 36.4 Å². The highest BCUT2D eigenvalue weighted by atomic mass is 35.5. The molecule has 0 amide bonds. The second kappa shape index (κ2) is 5.58. The molecular formula is C16H13Cl2NO2. The molecule has 0 spiro atoms. The van der Waals surface area contributed by atoms with Gasteiger partial charge in [-0.15, -0.1) is 0 Å². The van der Waals surface area contributed by atoms with Gasteiger partial charge in [-0.3, -0.25) is 4.79 Å². The summed E-state index contributed by atoms with van der Waals surface area (Å²) in [6.45, 7) is 0. The lowest BCUT2D eigenvalue weighted by molar-refractivity contribution is 0.0972. The quantitative estimate of drug-likeness (QED) is 0.868. The van der Waals surface area contributed by atoms with Gasteiger partial charge in [0.05, 0.1) is 23.2 Å². The number of nitrogens with one attached hydrogen (secondary N) is 1. The summed E-state index contributed by atoms with van der Waals surface area (Å²) >= 11 is 12.3. The molecule has 0 radical (unpaired) electrons. The number of anilines is 1. The Bertz CT molecular complexity index is 692. The lowest BCUT2D eigenvalue weighted by Gasteiger charge is -2.27. The Kier molecular flexibility index (Phi) is 3.79. The summed E-state index contributed by atoms with van der Waals surface area (Å²) in [6, 6.07) is 10.9. The minimum absolute atomic E-state index is 0.109. The Morgan fingerprint density at radius 3 is 2.52 bits per heavy atom. The largest absolute Gasteiger partial charge is 0.494 e. The number of halogens is 2. The summed E-state index contributed by atoms with van der Waals surface area (Å²) in [7, 11) is 1.52. The first-order valence-electron chi connectivity index (χ1n) is 6.52. The predicted octanol–water partition coefficient (Wildman–Crippen LogP) is 4.74. The van der Waals surface area contributed by atoms with Crippen LogP contribution in [-0.2, 0) is 0 Å². The third-order valence-corrected chi connectivity index (χ3v) is 4.14. The molecule has 1 aliphatic rings. The van der Waals surface area contributed by atoms with Gasteiger partial charge in [0.25, 0.3) is 0 Å². The zero-order chi connectivity index (χ0) is 15.0. The Balaban J connectivity index is 1.98. The molecule has 21 heavy (non-hydrogen) atoms. The molecular weight excluding hydrogens is 309 g/mol. The number of ether oxygens (including phenoxy) is 1. The van der Waals surface area contributed by atoms with Crippen molar-refractivity contribution in [3.8, 4) is 5.75 Å². The normalized spacial score (nSPS) is 17.1. The van der Waals surface area contributed by atoms with Gasteiger partial charge in [0.2, 0.25) is 0 Å². The van der Waals surface area contributed by atoms with Crippen LogP contribution < -0.4 is 10.1 Å². The fourth-order valence-electron chi connectivity index (χ4n) is 2.56. The second-order valence-corrected chi connectivity index (χ2v) is 5.70. The number of fused-ring (bicyclic) bond motifs is 1. The molecule has 2 aromatic carbocycles. The van der Waals surface area contributed by atoms with E-state index in [0.717, 1.165) is 16.8 Å². The van der Waals surface area contributed by atoms with Crippen LogP contribution in [0.4, 0.5) is 5.69 Å². The molecule has 108 valence electrons. The first-order valence-corrected chi connectivity index (χ1v) is 7.27. The van der Waals surface area contributed by atoms with Gasteiger partial charge in [-0.25, -0.2) is 0 Å². The van der Waals surface area contributed by atoms with E-state index in [4.69, 9.17) is 27.9 Å². The molecule has 0 saturated carbocycles. The highest BCUT2D eigenvalue weighted by Gasteiger charge is 2.26. The van der Waals surface area contributed by atoms with Gasteiger partial charge in [-0.1, -0.05) is 35.3 Å². The Morgan fingerprint density at radius 1 is 1.19 bits per heavy atom. The second-order valence-electron chi connectivity index (χ2n) is 4.89. The molecule has 0 aliphatic carbocycles. The molecule has 3 nitrogen and oxygen atoms in total. The Morgan fingerprint density at radius 2 is 1.86 bits per heavy atom. The minimum Gasteiger partial charge on any atom is -0.494 e. The zero-order valence-corrected chi connectivity index (χ0v) is 12.8. The van der Waals surface area contributed by atoms with Crippen molar-refractivity contribution in [1.82, 2.24) is 0 Å². The summed E-state index contributed by atoms with van der Waals surface area (Å²) in [4.78, 5) is 12.2. The maximum Gasteiger partial charge on any atom is 0.167 e. The summed E-state index contributed by atoms with van der Waals surface area (Å²) in [6.07, 6.45) is 0.371. The number of benzene rings is 2. The van der Waals surface area contributed by atoms with Crippen molar-refractivity contribution >= 4 is 34.7 Å². The van der Waals surface area contributed by atoms with E-state index in [1.165, 1.54) is 7.11 Å². The van der Waals surface area contributed by atoms with Crippen molar-refractivity contribution in [2.75, 3.05) is 12.4 Å². The number of methoxy groups -OCH3 is 1. The van der Waals surface area contributed by atoms with E-state index in [1.54, 1.807) is 12.1 Å². The van der Waals surface area contributed by atoms with Crippen LogP contribution in [0, 0.1) is 0 Å². The smallest absolute Gasteiger partial charge is 0.167 e. The highest BCUT2D eigenvalue weighted by molar-refractivity contribution is 6.37. The van der Waals surface area contributed by atoms with Gasteiger partial charge in [-0.2, -0.15) is 0 Å². The summed E-state index contributed by atoms with van der Waals surface area (Å²) in [5.74, 6) is 0.557.